The van der Waals surface area contributed by atoms with Crippen LogP contribution in [0.1, 0.15) is 42.6 Å². The highest BCUT2D eigenvalue weighted by Gasteiger charge is 2.33. The summed E-state index contributed by atoms with van der Waals surface area (Å²) in [5.41, 5.74) is 4.16. The molecule has 2 nitrogen and oxygen atoms in total. The van der Waals surface area contributed by atoms with E-state index in [-0.39, 0.29) is 0 Å². The Kier molecular flexibility index (Phi) is 5.90. The Labute approximate surface area is 169 Å². The van der Waals surface area contributed by atoms with Gasteiger partial charge in [-0.1, -0.05) is 91.0 Å². The highest BCUT2D eigenvalue weighted by Crippen LogP contribution is 2.35. The molecule has 0 aromatic heterocycles. The molecule has 1 atom stereocenters. The molecular weight excluding hydrogens is 340 g/mol. The number of hydrogen-bond donors (Lipinski definition) is 0. The molecule has 1 aliphatic rings. The lowest BCUT2D eigenvalue weighted by Crippen LogP contribution is -2.51. The average Bonchev–Trinajstić information content (AvgIpc) is 2.76. The van der Waals surface area contributed by atoms with Crippen LogP contribution in [0.4, 0.5) is 0 Å². The summed E-state index contributed by atoms with van der Waals surface area (Å²) in [5, 5.41) is 0. The maximum atomic E-state index is 2.67. The van der Waals surface area contributed by atoms with Crippen LogP contribution in [0, 0.1) is 0 Å². The Morgan fingerprint density at radius 3 is 1.68 bits per heavy atom. The first-order valence-corrected chi connectivity index (χ1v) is 10.4. The summed E-state index contributed by atoms with van der Waals surface area (Å²) < 4.78 is 0. The Hall–Kier alpha value is -2.42. The van der Waals surface area contributed by atoms with Crippen molar-refractivity contribution in [1.29, 1.82) is 0 Å². The zero-order valence-corrected chi connectivity index (χ0v) is 16.9. The number of hydrogen-bond acceptors (Lipinski definition) is 2. The fourth-order valence-corrected chi connectivity index (χ4v) is 4.53. The van der Waals surface area contributed by atoms with E-state index in [0.717, 1.165) is 19.6 Å². The lowest BCUT2D eigenvalue weighted by molar-refractivity contribution is 0.0359. The monoisotopic (exact) mass is 370 g/mol. The van der Waals surface area contributed by atoms with Gasteiger partial charge in [-0.05, 0) is 30.5 Å². The molecule has 1 aliphatic heterocycles. The highest BCUT2D eigenvalue weighted by atomic mass is 15.3. The maximum absolute atomic E-state index is 2.67. The normalized spacial score (nSPS) is 18.6. The zero-order chi connectivity index (χ0) is 19.3. The molecule has 1 fully saturated rings. The van der Waals surface area contributed by atoms with Gasteiger partial charge in [0.15, 0.2) is 0 Å². The summed E-state index contributed by atoms with van der Waals surface area (Å²) in [6.07, 6.45) is 0. The Morgan fingerprint density at radius 2 is 1.18 bits per heavy atom. The second kappa shape index (κ2) is 8.72. The van der Waals surface area contributed by atoms with Crippen molar-refractivity contribution in [3.8, 4) is 0 Å². The van der Waals surface area contributed by atoms with Gasteiger partial charge in [0.05, 0.1) is 6.04 Å². The predicted octanol–water partition coefficient (Wildman–Crippen LogP) is 5.54. The maximum Gasteiger partial charge on any atom is 0.0602 e. The van der Waals surface area contributed by atoms with Gasteiger partial charge >= 0.3 is 0 Å². The van der Waals surface area contributed by atoms with E-state index in [4.69, 9.17) is 0 Å². The van der Waals surface area contributed by atoms with E-state index in [1.165, 1.54) is 16.7 Å². The highest BCUT2D eigenvalue weighted by molar-refractivity contribution is 5.32. The summed E-state index contributed by atoms with van der Waals surface area (Å²) >= 11 is 0. The van der Waals surface area contributed by atoms with Gasteiger partial charge in [0.25, 0.3) is 0 Å². The summed E-state index contributed by atoms with van der Waals surface area (Å²) in [7, 11) is 0. The summed E-state index contributed by atoms with van der Waals surface area (Å²) in [6, 6.07) is 34.2. The molecular formula is C26H30N2. The minimum atomic E-state index is 0.294. The minimum absolute atomic E-state index is 0.294. The van der Waals surface area contributed by atoms with Gasteiger partial charge in [-0.3, -0.25) is 9.80 Å². The number of piperazine rings is 1. The van der Waals surface area contributed by atoms with Crippen LogP contribution in [0.15, 0.2) is 91.0 Å². The van der Waals surface area contributed by atoms with Crippen molar-refractivity contribution in [2.24, 2.45) is 0 Å². The van der Waals surface area contributed by atoms with Crippen molar-refractivity contribution in [2.75, 3.05) is 19.6 Å². The van der Waals surface area contributed by atoms with Crippen LogP contribution in [0.5, 0.6) is 0 Å². The van der Waals surface area contributed by atoms with Crippen molar-refractivity contribution >= 4 is 0 Å². The van der Waals surface area contributed by atoms with E-state index in [1.54, 1.807) is 0 Å². The fourth-order valence-electron chi connectivity index (χ4n) is 4.53. The van der Waals surface area contributed by atoms with Gasteiger partial charge in [-0.2, -0.15) is 0 Å². The molecule has 0 amide bonds. The second-order valence-electron chi connectivity index (χ2n) is 7.98. The van der Waals surface area contributed by atoms with Crippen LogP contribution in [0.25, 0.3) is 0 Å². The Bertz CT molecular complexity index is 806. The lowest BCUT2D eigenvalue weighted by Gasteiger charge is -2.46. The van der Waals surface area contributed by atoms with E-state index < -0.39 is 0 Å². The first-order valence-electron chi connectivity index (χ1n) is 10.4. The van der Waals surface area contributed by atoms with Crippen molar-refractivity contribution < 1.29 is 0 Å². The zero-order valence-electron chi connectivity index (χ0n) is 16.9. The van der Waals surface area contributed by atoms with Crippen LogP contribution >= 0.6 is 0 Å². The molecule has 4 rings (SSSR count). The molecule has 0 N–H and O–H groups in total. The van der Waals surface area contributed by atoms with Crippen LogP contribution in [-0.4, -0.2) is 35.5 Å². The van der Waals surface area contributed by atoms with Crippen molar-refractivity contribution in [1.82, 2.24) is 9.80 Å². The molecule has 3 aromatic carbocycles. The van der Waals surface area contributed by atoms with Crippen LogP contribution < -0.4 is 0 Å². The second-order valence-corrected chi connectivity index (χ2v) is 7.98. The van der Waals surface area contributed by atoms with E-state index in [1.807, 2.05) is 0 Å². The molecule has 0 saturated carbocycles. The van der Waals surface area contributed by atoms with Gasteiger partial charge in [-0.15, -0.1) is 0 Å². The number of nitrogens with zero attached hydrogens (tertiary/aromatic N) is 2. The van der Waals surface area contributed by atoms with Crippen molar-refractivity contribution in [3.63, 3.8) is 0 Å². The smallest absolute Gasteiger partial charge is 0.0602 e. The third-order valence-corrected chi connectivity index (χ3v) is 5.90. The quantitative estimate of drug-likeness (QED) is 0.581. The summed E-state index contributed by atoms with van der Waals surface area (Å²) in [5.74, 6) is 0. The Morgan fingerprint density at radius 1 is 0.679 bits per heavy atom. The molecule has 144 valence electrons. The molecule has 3 aromatic rings. The lowest BCUT2D eigenvalue weighted by atomic mass is 9.93. The first-order chi connectivity index (χ1) is 13.7. The molecule has 2 heteroatoms. The number of benzene rings is 3. The minimum Gasteiger partial charge on any atom is -0.291 e. The molecule has 0 aliphatic carbocycles. The standard InChI is InChI=1S/C26H30N2/c1-21(2)28-19-18-27(20-25(28)22-12-6-3-7-13-22)26(23-14-8-4-9-15-23)24-16-10-5-11-17-24/h3-17,21,25-26H,18-20H2,1-2H3/t25-/m0/s1. The molecule has 28 heavy (non-hydrogen) atoms. The third-order valence-electron chi connectivity index (χ3n) is 5.90. The topological polar surface area (TPSA) is 6.48 Å². The average molecular weight is 371 g/mol. The summed E-state index contributed by atoms with van der Waals surface area (Å²) in [4.78, 5) is 5.32. The van der Waals surface area contributed by atoms with Crippen molar-refractivity contribution in [2.45, 2.75) is 32.0 Å². The molecule has 1 heterocycles. The largest absolute Gasteiger partial charge is 0.291 e. The van der Waals surface area contributed by atoms with Gasteiger partial charge in [0.2, 0.25) is 0 Å². The van der Waals surface area contributed by atoms with Crippen LogP contribution in [0.2, 0.25) is 0 Å². The Balaban J connectivity index is 1.69. The number of rotatable bonds is 5. The summed E-state index contributed by atoms with van der Waals surface area (Å²) in [6.45, 7) is 7.84. The van der Waals surface area contributed by atoms with Crippen LogP contribution in [0.3, 0.4) is 0 Å². The molecule has 1 saturated heterocycles. The van der Waals surface area contributed by atoms with Gasteiger partial charge < -0.3 is 0 Å². The van der Waals surface area contributed by atoms with E-state index >= 15 is 0 Å². The fraction of sp³-hybridized carbons (Fsp3) is 0.308. The first kappa shape index (κ1) is 18.9. The van der Waals surface area contributed by atoms with Gasteiger partial charge in [0.1, 0.15) is 0 Å². The van der Waals surface area contributed by atoms with E-state index in [9.17, 15) is 0 Å². The SMILES string of the molecule is CC(C)N1CCN(C(c2ccccc2)c2ccccc2)C[C@H]1c1ccccc1. The van der Waals surface area contributed by atoms with Gasteiger partial charge in [-0.25, -0.2) is 0 Å². The molecule has 0 spiro atoms. The van der Waals surface area contributed by atoms with E-state index in [0.29, 0.717) is 18.1 Å². The van der Waals surface area contributed by atoms with Gasteiger partial charge in [0, 0.05) is 31.7 Å². The molecule has 0 radical (unpaired) electrons. The third kappa shape index (κ3) is 4.04. The molecule has 0 bridgehead atoms. The van der Waals surface area contributed by atoms with Crippen LogP contribution in [-0.2, 0) is 0 Å². The van der Waals surface area contributed by atoms with E-state index in [2.05, 4.69) is 115 Å². The van der Waals surface area contributed by atoms with Crippen molar-refractivity contribution in [3.05, 3.63) is 108 Å². The molecule has 0 unspecified atom stereocenters. The predicted molar refractivity (Wildman–Crippen MR) is 117 cm³/mol.